The van der Waals surface area contributed by atoms with E-state index in [-0.39, 0.29) is 11.9 Å². The average molecular weight is 292 g/mol. The second-order valence-corrected chi connectivity index (χ2v) is 5.23. The van der Waals surface area contributed by atoms with Crippen molar-refractivity contribution < 1.29 is 14.3 Å². The lowest BCUT2D eigenvalue weighted by Gasteiger charge is -2.32. The van der Waals surface area contributed by atoms with Crippen LogP contribution >= 0.6 is 0 Å². The van der Waals surface area contributed by atoms with Gasteiger partial charge in [-0.25, -0.2) is 0 Å². The van der Waals surface area contributed by atoms with Gasteiger partial charge >= 0.3 is 0 Å². The Balaban J connectivity index is 2.26. The summed E-state index contributed by atoms with van der Waals surface area (Å²) in [6.45, 7) is 8.53. The largest absolute Gasteiger partial charge is 0.490 e. The minimum absolute atomic E-state index is 0.250. The average Bonchev–Trinajstić information content (AvgIpc) is 2.47. The van der Waals surface area contributed by atoms with E-state index in [1.807, 2.05) is 26.8 Å². The van der Waals surface area contributed by atoms with Gasteiger partial charge in [-0.05, 0) is 50.5 Å². The van der Waals surface area contributed by atoms with Gasteiger partial charge in [-0.1, -0.05) is 0 Å². The van der Waals surface area contributed by atoms with E-state index < -0.39 is 0 Å². The van der Waals surface area contributed by atoms with Crippen molar-refractivity contribution in [2.75, 3.05) is 19.8 Å². The molecule has 1 aromatic rings. The first-order valence-corrected chi connectivity index (χ1v) is 7.51. The minimum Gasteiger partial charge on any atom is -0.490 e. The number of rotatable bonds is 6. The molecule has 5 nitrogen and oxygen atoms in total. The lowest BCUT2D eigenvalue weighted by atomic mass is 9.97. The number of nitrogens with two attached hydrogens (primary N) is 1. The fraction of sp³-hybridized carbons (Fsp3) is 0.562. The smallest absolute Gasteiger partial charge is 0.234 e. The first kappa shape index (κ1) is 15.6. The third kappa shape index (κ3) is 3.47. The molecule has 21 heavy (non-hydrogen) atoms. The number of nitrogens with zero attached hydrogens (tertiary/aromatic N) is 1. The molecular formula is C16H24N2O3. The molecule has 0 aliphatic carbocycles. The predicted octanol–water partition coefficient (Wildman–Crippen LogP) is 1.72. The van der Waals surface area contributed by atoms with E-state index in [0.717, 1.165) is 24.5 Å². The highest BCUT2D eigenvalue weighted by Crippen LogP contribution is 2.34. The molecule has 2 N–H and O–H groups in total. The van der Waals surface area contributed by atoms with Crippen molar-refractivity contribution in [3.8, 4) is 11.5 Å². The zero-order valence-electron chi connectivity index (χ0n) is 13.0. The Morgan fingerprint density at radius 3 is 2.33 bits per heavy atom. The molecule has 1 aliphatic heterocycles. The Labute approximate surface area is 126 Å². The molecular weight excluding hydrogens is 268 g/mol. The molecule has 0 spiro atoms. The molecule has 0 fully saturated rings. The summed E-state index contributed by atoms with van der Waals surface area (Å²) in [5, 5.41) is 0. The molecule has 0 aromatic heterocycles. The molecule has 1 amide bonds. The summed E-state index contributed by atoms with van der Waals surface area (Å²) in [4.78, 5) is 13.5. The number of benzene rings is 1. The van der Waals surface area contributed by atoms with Crippen LogP contribution in [0.25, 0.3) is 0 Å². The minimum atomic E-state index is -0.283. The van der Waals surface area contributed by atoms with Crippen LogP contribution in [0.1, 0.15) is 31.9 Å². The van der Waals surface area contributed by atoms with Crippen LogP contribution in [0.5, 0.6) is 11.5 Å². The van der Waals surface area contributed by atoms with Crippen molar-refractivity contribution >= 4 is 5.91 Å². The fourth-order valence-corrected chi connectivity index (χ4v) is 2.63. The zero-order chi connectivity index (χ0) is 15.4. The van der Waals surface area contributed by atoms with E-state index in [9.17, 15) is 4.79 Å². The highest BCUT2D eigenvalue weighted by Gasteiger charge is 2.25. The Bertz CT molecular complexity index is 516. The van der Waals surface area contributed by atoms with Crippen molar-refractivity contribution in [3.63, 3.8) is 0 Å². The lowest BCUT2D eigenvalue weighted by molar-refractivity contribution is -0.123. The monoisotopic (exact) mass is 292 g/mol. The second kappa shape index (κ2) is 6.80. The number of primary amides is 1. The number of hydrogen-bond acceptors (Lipinski definition) is 4. The second-order valence-electron chi connectivity index (χ2n) is 5.23. The van der Waals surface area contributed by atoms with Crippen LogP contribution in [-0.2, 0) is 17.8 Å². The van der Waals surface area contributed by atoms with Crippen molar-refractivity contribution in [1.29, 1.82) is 0 Å². The predicted molar refractivity (Wildman–Crippen MR) is 81.6 cm³/mol. The van der Waals surface area contributed by atoms with Crippen LogP contribution in [-0.4, -0.2) is 36.6 Å². The number of carbonyl (C=O) groups is 1. The number of ether oxygens (including phenoxy) is 2. The molecule has 0 unspecified atom stereocenters. The molecule has 116 valence electrons. The summed E-state index contributed by atoms with van der Waals surface area (Å²) in [5.74, 6) is 1.29. The molecule has 0 bridgehead atoms. The summed E-state index contributed by atoms with van der Waals surface area (Å²) < 4.78 is 11.3. The van der Waals surface area contributed by atoms with Gasteiger partial charge in [0.2, 0.25) is 5.91 Å². The number of carbonyl (C=O) groups excluding carboxylic acids is 1. The Hall–Kier alpha value is -1.75. The summed E-state index contributed by atoms with van der Waals surface area (Å²) >= 11 is 0. The van der Waals surface area contributed by atoms with Crippen molar-refractivity contribution in [2.24, 2.45) is 5.73 Å². The van der Waals surface area contributed by atoms with Gasteiger partial charge in [-0.2, -0.15) is 0 Å². The van der Waals surface area contributed by atoms with E-state index in [0.29, 0.717) is 19.8 Å². The van der Waals surface area contributed by atoms with Gasteiger partial charge in [0.15, 0.2) is 11.5 Å². The molecule has 1 atom stereocenters. The topological polar surface area (TPSA) is 64.8 Å². The SMILES string of the molecule is CCOc1cc2c(cc1OCC)CN([C@H](C)C(N)=O)CC2. The van der Waals surface area contributed by atoms with Crippen LogP contribution in [0.4, 0.5) is 0 Å². The van der Waals surface area contributed by atoms with Crippen molar-refractivity contribution in [2.45, 2.75) is 39.8 Å². The molecule has 0 radical (unpaired) electrons. The maximum atomic E-state index is 11.4. The Kier molecular flexibility index (Phi) is 5.07. The van der Waals surface area contributed by atoms with E-state index in [1.54, 1.807) is 0 Å². The van der Waals surface area contributed by atoms with Gasteiger partial charge in [0.1, 0.15) is 0 Å². The van der Waals surface area contributed by atoms with Gasteiger partial charge < -0.3 is 15.2 Å². The number of fused-ring (bicyclic) bond motifs is 1. The number of hydrogen-bond donors (Lipinski definition) is 1. The summed E-state index contributed by atoms with van der Waals surface area (Å²) in [6, 6.07) is 3.85. The van der Waals surface area contributed by atoms with Crippen LogP contribution in [0.2, 0.25) is 0 Å². The van der Waals surface area contributed by atoms with Crippen LogP contribution in [0.3, 0.4) is 0 Å². The van der Waals surface area contributed by atoms with Crippen LogP contribution in [0.15, 0.2) is 12.1 Å². The first-order valence-electron chi connectivity index (χ1n) is 7.51. The van der Waals surface area contributed by atoms with Gasteiger partial charge in [0.05, 0.1) is 19.3 Å². The van der Waals surface area contributed by atoms with Crippen LogP contribution in [0, 0.1) is 0 Å². The Morgan fingerprint density at radius 1 is 1.24 bits per heavy atom. The maximum Gasteiger partial charge on any atom is 0.234 e. The summed E-state index contributed by atoms with van der Waals surface area (Å²) in [5.41, 5.74) is 7.84. The highest BCUT2D eigenvalue weighted by molar-refractivity contribution is 5.79. The molecule has 1 aromatic carbocycles. The standard InChI is InChI=1S/C16H24N2O3/c1-4-20-14-8-12-6-7-18(11(3)16(17)19)10-13(12)9-15(14)21-5-2/h8-9,11H,4-7,10H2,1-3H3,(H2,17,19)/t11-/m1/s1. The molecule has 5 heteroatoms. The van der Waals surface area contributed by atoms with Gasteiger partial charge in [0, 0.05) is 13.1 Å². The number of amides is 1. The zero-order valence-corrected chi connectivity index (χ0v) is 13.0. The Morgan fingerprint density at radius 2 is 1.81 bits per heavy atom. The molecule has 0 saturated heterocycles. The molecule has 1 heterocycles. The summed E-state index contributed by atoms with van der Waals surface area (Å²) in [6.07, 6.45) is 0.888. The van der Waals surface area contributed by atoms with E-state index in [4.69, 9.17) is 15.2 Å². The van der Waals surface area contributed by atoms with E-state index in [1.165, 1.54) is 11.1 Å². The third-order valence-corrected chi connectivity index (χ3v) is 3.87. The fourth-order valence-electron chi connectivity index (χ4n) is 2.63. The van der Waals surface area contributed by atoms with E-state index in [2.05, 4.69) is 11.0 Å². The van der Waals surface area contributed by atoms with Gasteiger partial charge in [0.25, 0.3) is 0 Å². The third-order valence-electron chi connectivity index (χ3n) is 3.87. The lowest BCUT2D eigenvalue weighted by Crippen LogP contribution is -2.45. The maximum absolute atomic E-state index is 11.4. The van der Waals surface area contributed by atoms with Gasteiger partial charge in [-0.3, -0.25) is 9.69 Å². The van der Waals surface area contributed by atoms with Crippen molar-refractivity contribution in [1.82, 2.24) is 4.90 Å². The molecule has 2 rings (SSSR count). The summed E-state index contributed by atoms with van der Waals surface area (Å²) in [7, 11) is 0. The van der Waals surface area contributed by atoms with Crippen LogP contribution < -0.4 is 15.2 Å². The highest BCUT2D eigenvalue weighted by atomic mass is 16.5. The van der Waals surface area contributed by atoms with Gasteiger partial charge in [-0.15, -0.1) is 0 Å². The quantitative estimate of drug-likeness (QED) is 0.867. The van der Waals surface area contributed by atoms with E-state index >= 15 is 0 Å². The normalized spacial score (nSPS) is 16.1. The molecule has 1 aliphatic rings. The first-order chi connectivity index (χ1) is 10.1. The van der Waals surface area contributed by atoms with Crippen molar-refractivity contribution in [3.05, 3.63) is 23.3 Å². The molecule has 0 saturated carbocycles.